The van der Waals surface area contributed by atoms with Gasteiger partial charge in [0.05, 0.1) is 16.1 Å². The van der Waals surface area contributed by atoms with E-state index in [2.05, 4.69) is 26.0 Å². The molecule has 9 heteroatoms. The van der Waals surface area contributed by atoms with Crippen LogP contribution in [0.3, 0.4) is 0 Å². The molecule has 2 N–H and O–H groups in total. The van der Waals surface area contributed by atoms with E-state index >= 15 is 0 Å². The number of rotatable bonds is 5. The molecule has 0 radical (unpaired) electrons. The summed E-state index contributed by atoms with van der Waals surface area (Å²) in [6.45, 7) is 3.26. The first kappa shape index (κ1) is 19.5. The number of nitrogens with one attached hydrogen (secondary N) is 2. The van der Waals surface area contributed by atoms with Crippen molar-refractivity contribution >= 4 is 37.5 Å². The Kier molecular flexibility index (Phi) is 5.91. The van der Waals surface area contributed by atoms with E-state index in [-0.39, 0.29) is 16.6 Å². The van der Waals surface area contributed by atoms with Gasteiger partial charge >= 0.3 is 0 Å². The van der Waals surface area contributed by atoms with E-state index < -0.39 is 33.1 Å². The summed E-state index contributed by atoms with van der Waals surface area (Å²) >= 11 is 3.14. The summed E-state index contributed by atoms with van der Waals surface area (Å²) in [6, 6.07) is 6.34. The van der Waals surface area contributed by atoms with Gasteiger partial charge in [-0.2, -0.15) is 0 Å². The van der Waals surface area contributed by atoms with Crippen molar-refractivity contribution in [3.63, 3.8) is 0 Å². The highest BCUT2D eigenvalue weighted by Gasteiger charge is 2.21. The minimum atomic E-state index is -3.90. The molecule has 5 nitrogen and oxygen atoms in total. The molecule has 0 aliphatic rings. The Hall–Kier alpha value is -1.84. The average molecular weight is 433 g/mol. The lowest BCUT2D eigenvalue weighted by Gasteiger charge is -2.12. The number of amides is 1. The van der Waals surface area contributed by atoms with Crippen molar-refractivity contribution in [2.45, 2.75) is 24.8 Å². The number of benzene rings is 2. The van der Waals surface area contributed by atoms with Crippen LogP contribution in [0.15, 0.2) is 45.8 Å². The smallest absolute Gasteiger partial charge is 0.258 e. The third-order valence-corrected chi connectivity index (χ3v) is 5.21. The van der Waals surface area contributed by atoms with E-state index in [4.69, 9.17) is 0 Å². The number of anilines is 1. The average Bonchev–Trinajstić information content (AvgIpc) is 2.49. The highest BCUT2D eigenvalue weighted by Crippen LogP contribution is 2.22. The summed E-state index contributed by atoms with van der Waals surface area (Å²) < 4.78 is 54.9. The van der Waals surface area contributed by atoms with Crippen molar-refractivity contribution in [1.82, 2.24) is 4.72 Å². The monoisotopic (exact) mass is 432 g/mol. The topological polar surface area (TPSA) is 75.3 Å². The number of carbonyl (C=O) groups excluding carboxylic acids is 1. The molecule has 25 heavy (non-hydrogen) atoms. The van der Waals surface area contributed by atoms with Crippen LogP contribution in [0.1, 0.15) is 24.2 Å². The highest BCUT2D eigenvalue weighted by molar-refractivity contribution is 9.10. The SMILES string of the molecule is CC(C)NS(=O)(=O)c1ccc(F)c(C(=O)Nc2cc(Br)ccc2F)c1. The Morgan fingerprint density at radius 2 is 1.72 bits per heavy atom. The van der Waals surface area contributed by atoms with Crippen LogP contribution in [0, 0.1) is 11.6 Å². The Morgan fingerprint density at radius 1 is 1.08 bits per heavy atom. The lowest BCUT2D eigenvalue weighted by Crippen LogP contribution is -2.30. The molecule has 0 aromatic heterocycles. The summed E-state index contributed by atoms with van der Waals surface area (Å²) in [5.74, 6) is -2.59. The van der Waals surface area contributed by atoms with Crippen LogP contribution < -0.4 is 10.0 Å². The Bertz CT molecular complexity index is 918. The zero-order valence-electron chi connectivity index (χ0n) is 13.3. The van der Waals surface area contributed by atoms with Crippen LogP contribution in [-0.2, 0) is 10.0 Å². The van der Waals surface area contributed by atoms with E-state index in [9.17, 15) is 22.0 Å². The summed E-state index contributed by atoms with van der Waals surface area (Å²) in [5, 5.41) is 2.23. The molecule has 0 aliphatic heterocycles. The summed E-state index contributed by atoms with van der Waals surface area (Å²) in [5.41, 5.74) is -0.668. The Balaban J connectivity index is 2.37. The van der Waals surface area contributed by atoms with Crippen LogP contribution in [0.5, 0.6) is 0 Å². The zero-order chi connectivity index (χ0) is 18.8. The predicted molar refractivity (Wildman–Crippen MR) is 93.9 cm³/mol. The maximum Gasteiger partial charge on any atom is 0.258 e. The minimum absolute atomic E-state index is 0.160. The molecule has 0 unspecified atom stereocenters. The standard InChI is InChI=1S/C16H15BrF2N2O3S/c1-9(2)21-25(23,24)11-4-6-13(18)12(8-11)16(22)20-15-7-10(17)3-5-14(15)19/h3-9,21H,1-2H3,(H,20,22). The molecule has 134 valence electrons. The van der Waals surface area contributed by atoms with Gasteiger partial charge < -0.3 is 5.32 Å². The molecular formula is C16H15BrF2N2O3S. The summed E-state index contributed by atoms with van der Waals surface area (Å²) in [7, 11) is -3.90. The van der Waals surface area contributed by atoms with Gasteiger partial charge in [-0.05, 0) is 50.2 Å². The fourth-order valence-corrected chi connectivity index (χ4v) is 3.64. The van der Waals surface area contributed by atoms with E-state index in [1.54, 1.807) is 13.8 Å². The van der Waals surface area contributed by atoms with Crippen LogP contribution in [0.2, 0.25) is 0 Å². The molecule has 2 aromatic carbocycles. The fourth-order valence-electron chi connectivity index (χ4n) is 2.01. The largest absolute Gasteiger partial charge is 0.319 e. The van der Waals surface area contributed by atoms with Crippen molar-refractivity contribution in [2.75, 3.05) is 5.32 Å². The van der Waals surface area contributed by atoms with Crippen molar-refractivity contribution < 1.29 is 22.0 Å². The third-order valence-electron chi connectivity index (χ3n) is 3.06. The highest BCUT2D eigenvalue weighted by atomic mass is 79.9. The van der Waals surface area contributed by atoms with Crippen molar-refractivity contribution in [3.8, 4) is 0 Å². The number of halogens is 3. The molecule has 0 atom stereocenters. The minimum Gasteiger partial charge on any atom is -0.319 e. The summed E-state index contributed by atoms with van der Waals surface area (Å²) in [6.07, 6.45) is 0. The molecule has 0 fully saturated rings. The van der Waals surface area contributed by atoms with Gasteiger partial charge in [0.2, 0.25) is 10.0 Å². The maximum atomic E-state index is 14.0. The van der Waals surface area contributed by atoms with Crippen LogP contribution in [0.25, 0.3) is 0 Å². The maximum absolute atomic E-state index is 14.0. The molecule has 0 saturated carbocycles. The van der Waals surface area contributed by atoms with E-state index in [0.717, 1.165) is 24.3 Å². The fraction of sp³-hybridized carbons (Fsp3) is 0.188. The molecule has 0 aliphatic carbocycles. The molecule has 0 spiro atoms. The molecule has 0 heterocycles. The van der Waals surface area contributed by atoms with Gasteiger partial charge in [0, 0.05) is 10.5 Å². The lowest BCUT2D eigenvalue weighted by atomic mass is 10.2. The Morgan fingerprint density at radius 3 is 2.36 bits per heavy atom. The summed E-state index contributed by atoms with van der Waals surface area (Å²) in [4.78, 5) is 12.0. The van der Waals surface area contributed by atoms with Gasteiger partial charge in [-0.3, -0.25) is 4.79 Å². The van der Waals surface area contributed by atoms with Crippen LogP contribution in [-0.4, -0.2) is 20.4 Å². The van der Waals surface area contributed by atoms with E-state index in [1.165, 1.54) is 12.1 Å². The number of sulfonamides is 1. The van der Waals surface area contributed by atoms with Gasteiger partial charge in [0.1, 0.15) is 11.6 Å². The van der Waals surface area contributed by atoms with Gasteiger partial charge in [-0.1, -0.05) is 15.9 Å². The first-order valence-corrected chi connectivity index (χ1v) is 9.46. The van der Waals surface area contributed by atoms with E-state index in [0.29, 0.717) is 4.47 Å². The van der Waals surface area contributed by atoms with Crippen molar-refractivity contribution in [1.29, 1.82) is 0 Å². The van der Waals surface area contributed by atoms with E-state index in [1.807, 2.05) is 0 Å². The Labute approximate surface area is 152 Å². The number of carbonyl (C=O) groups is 1. The number of hydrogen-bond acceptors (Lipinski definition) is 3. The second-order valence-electron chi connectivity index (χ2n) is 5.50. The third kappa shape index (κ3) is 4.83. The molecule has 1 amide bonds. The second kappa shape index (κ2) is 7.59. The van der Waals surface area contributed by atoms with Gasteiger partial charge in [-0.25, -0.2) is 21.9 Å². The van der Waals surface area contributed by atoms with Crippen LogP contribution >= 0.6 is 15.9 Å². The predicted octanol–water partition coefficient (Wildman–Crippen LogP) is 3.67. The van der Waals surface area contributed by atoms with Crippen molar-refractivity contribution in [3.05, 3.63) is 58.1 Å². The van der Waals surface area contributed by atoms with Crippen LogP contribution in [0.4, 0.5) is 14.5 Å². The van der Waals surface area contributed by atoms with Crippen molar-refractivity contribution in [2.24, 2.45) is 0 Å². The molecule has 0 saturated heterocycles. The molecular weight excluding hydrogens is 418 g/mol. The first-order chi connectivity index (χ1) is 11.6. The number of hydrogen-bond donors (Lipinski definition) is 2. The zero-order valence-corrected chi connectivity index (χ0v) is 15.7. The van der Waals surface area contributed by atoms with Gasteiger partial charge in [0.15, 0.2) is 0 Å². The molecule has 0 bridgehead atoms. The quantitative estimate of drug-likeness (QED) is 0.756. The molecule has 2 rings (SSSR count). The first-order valence-electron chi connectivity index (χ1n) is 7.18. The normalized spacial score (nSPS) is 11.6. The second-order valence-corrected chi connectivity index (χ2v) is 8.13. The lowest BCUT2D eigenvalue weighted by molar-refractivity contribution is 0.102. The van der Waals surface area contributed by atoms with Gasteiger partial charge in [0.25, 0.3) is 5.91 Å². The molecule has 2 aromatic rings. The van der Waals surface area contributed by atoms with Gasteiger partial charge in [-0.15, -0.1) is 0 Å².